The van der Waals surface area contributed by atoms with E-state index in [0.29, 0.717) is 24.7 Å². The maximum absolute atomic E-state index is 10.7. The summed E-state index contributed by atoms with van der Waals surface area (Å²) < 4.78 is 0. The number of carbonyl (C=O) groups is 1. The molecule has 1 heterocycles. The zero-order chi connectivity index (χ0) is 13.7. The number of carboxylic acid groups (broad SMARTS) is 1. The van der Waals surface area contributed by atoms with Crippen LogP contribution in [0.25, 0.3) is 0 Å². The van der Waals surface area contributed by atoms with Crippen LogP contribution in [0.5, 0.6) is 0 Å². The van der Waals surface area contributed by atoms with Gasteiger partial charge in [-0.2, -0.15) is 0 Å². The fourth-order valence-electron chi connectivity index (χ4n) is 2.82. The van der Waals surface area contributed by atoms with Crippen LogP contribution in [0.1, 0.15) is 47.0 Å². The van der Waals surface area contributed by atoms with E-state index in [1.165, 1.54) is 0 Å². The first-order valence-electron chi connectivity index (χ1n) is 7.13. The Bertz CT molecular complexity index is 259. The Hall–Kier alpha value is -0.610. The van der Waals surface area contributed by atoms with Crippen molar-refractivity contribution < 1.29 is 9.90 Å². The van der Waals surface area contributed by atoms with E-state index >= 15 is 0 Å². The maximum atomic E-state index is 10.7. The van der Waals surface area contributed by atoms with Crippen molar-refractivity contribution in [2.24, 2.45) is 0 Å². The quantitative estimate of drug-likeness (QED) is 0.790. The van der Waals surface area contributed by atoms with Crippen molar-refractivity contribution in [3.63, 3.8) is 0 Å². The minimum Gasteiger partial charge on any atom is -0.481 e. The first-order valence-corrected chi connectivity index (χ1v) is 7.13. The fourth-order valence-corrected chi connectivity index (χ4v) is 2.82. The predicted octanol–water partition coefficient (Wildman–Crippen LogP) is 2.04. The van der Waals surface area contributed by atoms with E-state index in [2.05, 4.69) is 37.5 Å². The van der Waals surface area contributed by atoms with Gasteiger partial charge in [0.05, 0.1) is 6.42 Å². The van der Waals surface area contributed by atoms with Crippen LogP contribution < -0.4 is 0 Å². The molecule has 1 N–H and O–H groups in total. The second-order valence-electron chi connectivity index (χ2n) is 5.84. The van der Waals surface area contributed by atoms with Gasteiger partial charge in [0.2, 0.25) is 0 Å². The van der Waals surface area contributed by atoms with Gasteiger partial charge < -0.3 is 10.0 Å². The third kappa shape index (κ3) is 4.58. The molecule has 1 rings (SSSR count). The van der Waals surface area contributed by atoms with E-state index < -0.39 is 5.97 Å². The van der Waals surface area contributed by atoms with E-state index in [9.17, 15) is 4.79 Å². The van der Waals surface area contributed by atoms with Gasteiger partial charge in [-0.1, -0.05) is 0 Å². The number of nitrogens with zero attached hydrogens (tertiary/aromatic N) is 2. The number of hydrogen-bond acceptors (Lipinski definition) is 3. The molecule has 0 radical (unpaired) electrons. The molecule has 1 fully saturated rings. The van der Waals surface area contributed by atoms with Crippen molar-refractivity contribution in [1.29, 1.82) is 0 Å². The fraction of sp³-hybridized carbons (Fsp3) is 0.929. The first-order chi connectivity index (χ1) is 8.41. The zero-order valence-corrected chi connectivity index (χ0v) is 12.2. The highest BCUT2D eigenvalue weighted by atomic mass is 16.4. The Kier molecular flexibility index (Phi) is 6.09. The molecule has 1 aliphatic rings. The normalized spacial score (nSPS) is 19.1. The Morgan fingerprint density at radius 2 is 1.83 bits per heavy atom. The Labute approximate surface area is 111 Å². The average Bonchev–Trinajstić information content (AvgIpc) is 2.29. The van der Waals surface area contributed by atoms with Gasteiger partial charge in [-0.25, -0.2) is 0 Å². The average molecular weight is 256 g/mol. The zero-order valence-electron chi connectivity index (χ0n) is 12.2. The van der Waals surface area contributed by atoms with Gasteiger partial charge in [-0.3, -0.25) is 9.69 Å². The highest BCUT2D eigenvalue weighted by molar-refractivity contribution is 5.66. The minimum atomic E-state index is -0.694. The number of aliphatic carboxylic acids is 1. The molecule has 0 saturated carbocycles. The smallest absolute Gasteiger partial charge is 0.304 e. The summed E-state index contributed by atoms with van der Waals surface area (Å²) in [5.74, 6) is -0.694. The van der Waals surface area contributed by atoms with Crippen molar-refractivity contribution in [3.05, 3.63) is 0 Å². The molecule has 106 valence electrons. The van der Waals surface area contributed by atoms with Crippen molar-refractivity contribution in [2.45, 2.75) is 65.1 Å². The summed E-state index contributed by atoms with van der Waals surface area (Å²) in [6.45, 7) is 11.8. The lowest BCUT2D eigenvalue weighted by Crippen LogP contribution is -2.49. The topological polar surface area (TPSA) is 43.8 Å². The standard InChI is InChI=1S/C14H28N2O2/c1-11(2)15-8-5-13(6-9-15)16(12(3)4)10-7-14(17)18/h11-13H,5-10H2,1-4H3,(H,17,18). The molecule has 18 heavy (non-hydrogen) atoms. The second kappa shape index (κ2) is 7.10. The number of carboxylic acids is 1. The lowest BCUT2D eigenvalue weighted by Gasteiger charge is -2.41. The number of hydrogen-bond donors (Lipinski definition) is 1. The molecule has 0 amide bonds. The van der Waals surface area contributed by atoms with Crippen LogP contribution in [0.3, 0.4) is 0 Å². The molecule has 0 aromatic heterocycles. The van der Waals surface area contributed by atoms with E-state index in [-0.39, 0.29) is 6.42 Å². The van der Waals surface area contributed by atoms with E-state index in [1.807, 2.05) is 0 Å². The lowest BCUT2D eigenvalue weighted by atomic mass is 10.00. The summed E-state index contributed by atoms with van der Waals surface area (Å²) in [5.41, 5.74) is 0. The molecule has 0 aliphatic carbocycles. The summed E-state index contributed by atoms with van der Waals surface area (Å²) in [6, 6.07) is 1.61. The molecular weight excluding hydrogens is 228 g/mol. The van der Waals surface area contributed by atoms with Crippen LogP contribution in [0.4, 0.5) is 0 Å². The van der Waals surface area contributed by atoms with Crippen LogP contribution in [-0.4, -0.2) is 58.6 Å². The van der Waals surface area contributed by atoms with Crippen LogP contribution >= 0.6 is 0 Å². The molecule has 0 unspecified atom stereocenters. The van der Waals surface area contributed by atoms with Gasteiger partial charge in [-0.05, 0) is 53.6 Å². The molecule has 4 heteroatoms. The molecule has 4 nitrogen and oxygen atoms in total. The predicted molar refractivity (Wildman–Crippen MR) is 73.8 cm³/mol. The van der Waals surface area contributed by atoms with Crippen molar-refractivity contribution in [3.8, 4) is 0 Å². The number of likely N-dealkylation sites (tertiary alicyclic amines) is 1. The van der Waals surface area contributed by atoms with Gasteiger partial charge in [-0.15, -0.1) is 0 Å². The van der Waals surface area contributed by atoms with Gasteiger partial charge >= 0.3 is 5.97 Å². The van der Waals surface area contributed by atoms with Crippen molar-refractivity contribution >= 4 is 5.97 Å². The maximum Gasteiger partial charge on any atom is 0.304 e. The van der Waals surface area contributed by atoms with Crippen LogP contribution in [0.2, 0.25) is 0 Å². The van der Waals surface area contributed by atoms with Gasteiger partial charge in [0.15, 0.2) is 0 Å². The van der Waals surface area contributed by atoms with Crippen molar-refractivity contribution in [2.75, 3.05) is 19.6 Å². The number of rotatable bonds is 6. The Morgan fingerprint density at radius 3 is 2.22 bits per heavy atom. The molecule has 1 aliphatic heterocycles. The Balaban J connectivity index is 2.47. The molecular formula is C14H28N2O2. The molecule has 0 aromatic carbocycles. The van der Waals surface area contributed by atoms with Gasteiger partial charge in [0.25, 0.3) is 0 Å². The molecule has 0 atom stereocenters. The summed E-state index contributed by atoms with van der Waals surface area (Å²) in [5, 5.41) is 8.82. The number of piperidine rings is 1. The highest BCUT2D eigenvalue weighted by Gasteiger charge is 2.27. The third-order valence-corrected chi connectivity index (χ3v) is 3.95. The van der Waals surface area contributed by atoms with Gasteiger partial charge in [0.1, 0.15) is 0 Å². The highest BCUT2D eigenvalue weighted by Crippen LogP contribution is 2.20. The van der Waals surface area contributed by atoms with E-state index in [4.69, 9.17) is 5.11 Å². The largest absolute Gasteiger partial charge is 0.481 e. The van der Waals surface area contributed by atoms with Crippen LogP contribution in [0, 0.1) is 0 Å². The first kappa shape index (κ1) is 15.4. The van der Waals surface area contributed by atoms with E-state index in [0.717, 1.165) is 25.9 Å². The Morgan fingerprint density at radius 1 is 1.28 bits per heavy atom. The molecule has 0 aromatic rings. The molecule has 0 spiro atoms. The monoisotopic (exact) mass is 256 g/mol. The summed E-state index contributed by atoms with van der Waals surface area (Å²) in [7, 11) is 0. The molecule has 1 saturated heterocycles. The van der Waals surface area contributed by atoms with E-state index in [1.54, 1.807) is 0 Å². The third-order valence-electron chi connectivity index (χ3n) is 3.95. The van der Waals surface area contributed by atoms with Crippen molar-refractivity contribution in [1.82, 2.24) is 9.80 Å². The van der Waals surface area contributed by atoms with Crippen LogP contribution in [0.15, 0.2) is 0 Å². The van der Waals surface area contributed by atoms with Gasteiger partial charge in [0, 0.05) is 24.7 Å². The minimum absolute atomic E-state index is 0.253. The lowest BCUT2D eigenvalue weighted by molar-refractivity contribution is -0.137. The summed E-state index contributed by atoms with van der Waals surface area (Å²) >= 11 is 0. The SMILES string of the molecule is CC(C)N1CCC(N(CCC(=O)O)C(C)C)CC1. The second-order valence-corrected chi connectivity index (χ2v) is 5.84. The summed E-state index contributed by atoms with van der Waals surface area (Å²) in [4.78, 5) is 15.6. The molecule has 0 bridgehead atoms. The summed E-state index contributed by atoms with van der Waals surface area (Å²) in [6.07, 6.45) is 2.58. The van der Waals surface area contributed by atoms with Crippen LogP contribution in [-0.2, 0) is 4.79 Å².